The van der Waals surface area contributed by atoms with E-state index < -0.39 is 0 Å². The number of nitrogens with zero attached hydrogens (tertiary/aromatic N) is 1. The van der Waals surface area contributed by atoms with E-state index in [1.165, 1.54) is 38.9 Å². The van der Waals surface area contributed by atoms with Gasteiger partial charge in [-0.2, -0.15) is 0 Å². The average molecular weight is 226 g/mol. The fourth-order valence-corrected chi connectivity index (χ4v) is 2.61. The van der Waals surface area contributed by atoms with Crippen molar-refractivity contribution in [2.45, 2.75) is 53.0 Å². The van der Waals surface area contributed by atoms with Gasteiger partial charge in [0.1, 0.15) is 0 Å². The van der Waals surface area contributed by atoms with Crippen LogP contribution in [0, 0.1) is 11.8 Å². The summed E-state index contributed by atoms with van der Waals surface area (Å²) < 4.78 is 0. The van der Waals surface area contributed by atoms with Crippen LogP contribution in [-0.4, -0.2) is 37.1 Å². The molecule has 1 aliphatic heterocycles. The SMILES string of the molecule is CCCN1CCCC(C(C)NCC(C)C)C1. The number of rotatable bonds is 6. The Labute approximate surface area is 102 Å². The Morgan fingerprint density at radius 2 is 2.06 bits per heavy atom. The Morgan fingerprint density at radius 3 is 2.69 bits per heavy atom. The minimum Gasteiger partial charge on any atom is -0.314 e. The molecular formula is C14H30N2. The van der Waals surface area contributed by atoms with Gasteiger partial charge in [0.05, 0.1) is 0 Å². The fraction of sp³-hybridized carbons (Fsp3) is 1.00. The fourth-order valence-electron chi connectivity index (χ4n) is 2.61. The summed E-state index contributed by atoms with van der Waals surface area (Å²) in [6.45, 7) is 14.3. The van der Waals surface area contributed by atoms with E-state index in [-0.39, 0.29) is 0 Å². The molecule has 0 amide bonds. The number of likely N-dealkylation sites (tertiary alicyclic amines) is 1. The normalized spacial score (nSPS) is 24.9. The van der Waals surface area contributed by atoms with Gasteiger partial charge in [0.25, 0.3) is 0 Å². The van der Waals surface area contributed by atoms with Gasteiger partial charge in [-0.05, 0) is 57.7 Å². The van der Waals surface area contributed by atoms with Crippen molar-refractivity contribution in [3.8, 4) is 0 Å². The molecule has 0 aliphatic carbocycles. The third-order valence-corrected chi connectivity index (χ3v) is 3.64. The number of piperidine rings is 1. The molecule has 96 valence electrons. The molecular weight excluding hydrogens is 196 g/mol. The molecule has 2 nitrogen and oxygen atoms in total. The van der Waals surface area contributed by atoms with E-state index >= 15 is 0 Å². The van der Waals surface area contributed by atoms with Crippen molar-refractivity contribution in [1.29, 1.82) is 0 Å². The van der Waals surface area contributed by atoms with Crippen molar-refractivity contribution in [3.05, 3.63) is 0 Å². The monoisotopic (exact) mass is 226 g/mol. The van der Waals surface area contributed by atoms with Crippen LogP contribution in [0.2, 0.25) is 0 Å². The van der Waals surface area contributed by atoms with Gasteiger partial charge in [-0.1, -0.05) is 20.8 Å². The Hall–Kier alpha value is -0.0800. The van der Waals surface area contributed by atoms with Crippen LogP contribution in [0.1, 0.15) is 47.0 Å². The largest absolute Gasteiger partial charge is 0.314 e. The second-order valence-electron chi connectivity index (χ2n) is 5.79. The van der Waals surface area contributed by atoms with E-state index in [1.807, 2.05) is 0 Å². The zero-order valence-corrected chi connectivity index (χ0v) is 11.6. The van der Waals surface area contributed by atoms with Gasteiger partial charge < -0.3 is 10.2 Å². The van der Waals surface area contributed by atoms with Crippen LogP contribution in [0.15, 0.2) is 0 Å². The van der Waals surface area contributed by atoms with Crippen LogP contribution in [0.5, 0.6) is 0 Å². The molecule has 1 heterocycles. The predicted octanol–water partition coefficient (Wildman–Crippen LogP) is 2.74. The topological polar surface area (TPSA) is 15.3 Å². The van der Waals surface area contributed by atoms with Crippen molar-refractivity contribution in [3.63, 3.8) is 0 Å². The molecule has 1 rings (SSSR count). The molecule has 0 radical (unpaired) electrons. The van der Waals surface area contributed by atoms with Gasteiger partial charge in [0.2, 0.25) is 0 Å². The molecule has 16 heavy (non-hydrogen) atoms. The third-order valence-electron chi connectivity index (χ3n) is 3.64. The van der Waals surface area contributed by atoms with Crippen LogP contribution in [0.3, 0.4) is 0 Å². The lowest BCUT2D eigenvalue weighted by molar-refractivity contribution is 0.150. The van der Waals surface area contributed by atoms with E-state index in [0.29, 0.717) is 6.04 Å². The summed E-state index contributed by atoms with van der Waals surface area (Å²) in [5, 5.41) is 3.69. The molecule has 1 N–H and O–H groups in total. The molecule has 0 spiro atoms. The van der Waals surface area contributed by atoms with Gasteiger partial charge in [-0.15, -0.1) is 0 Å². The molecule has 1 fully saturated rings. The molecule has 0 bridgehead atoms. The van der Waals surface area contributed by atoms with Crippen LogP contribution in [-0.2, 0) is 0 Å². The molecule has 2 unspecified atom stereocenters. The van der Waals surface area contributed by atoms with E-state index in [9.17, 15) is 0 Å². The lowest BCUT2D eigenvalue weighted by atomic mass is 9.91. The molecule has 0 aromatic heterocycles. The molecule has 2 atom stereocenters. The van der Waals surface area contributed by atoms with Gasteiger partial charge in [0.15, 0.2) is 0 Å². The standard InChI is InChI=1S/C14H30N2/c1-5-8-16-9-6-7-14(11-16)13(4)15-10-12(2)3/h12-15H,5-11H2,1-4H3. The minimum atomic E-state index is 0.682. The smallest absolute Gasteiger partial charge is 0.00793 e. The zero-order chi connectivity index (χ0) is 12.0. The first-order valence-electron chi connectivity index (χ1n) is 7.09. The van der Waals surface area contributed by atoms with E-state index in [1.54, 1.807) is 0 Å². The van der Waals surface area contributed by atoms with Crippen LogP contribution in [0.25, 0.3) is 0 Å². The Balaban J connectivity index is 2.28. The lowest BCUT2D eigenvalue weighted by Crippen LogP contribution is -2.45. The number of hydrogen-bond acceptors (Lipinski definition) is 2. The van der Waals surface area contributed by atoms with Gasteiger partial charge in [0, 0.05) is 12.6 Å². The quantitative estimate of drug-likeness (QED) is 0.749. The Morgan fingerprint density at radius 1 is 1.31 bits per heavy atom. The second kappa shape index (κ2) is 7.29. The highest BCUT2D eigenvalue weighted by Gasteiger charge is 2.23. The Bertz CT molecular complexity index is 178. The van der Waals surface area contributed by atoms with Crippen molar-refractivity contribution >= 4 is 0 Å². The number of nitrogens with one attached hydrogen (secondary N) is 1. The lowest BCUT2D eigenvalue weighted by Gasteiger charge is -2.36. The first-order valence-corrected chi connectivity index (χ1v) is 7.09. The van der Waals surface area contributed by atoms with E-state index in [0.717, 1.165) is 18.4 Å². The van der Waals surface area contributed by atoms with E-state index in [4.69, 9.17) is 0 Å². The van der Waals surface area contributed by atoms with Gasteiger partial charge >= 0.3 is 0 Å². The first-order chi connectivity index (χ1) is 7.63. The summed E-state index contributed by atoms with van der Waals surface area (Å²) in [5.41, 5.74) is 0. The highest BCUT2D eigenvalue weighted by atomic mass is 15.1. The number of hydrogen-bond donors (Lipinski definition) is 1. The summed E-state index contributed by atoms with van der Waals surface area (Å²) in [6, 6.07) is 0.682. The predicted molar refractivity (Wildman–Crippen MR) is 71.8 cm³/mol. The maximum Gasteiger partial charge on any atom is 0.00793 e. The molecule has 1 saturated heterocycles. The van der Waals surface area contributed by atoms with Crippen molar-refractivity contribution < 1.29 is 0 Å². The maximum atomic E-state index is 3.69. The molecule has 0 saturated carbocycles. The maximum absolute atomic E-state index is 3.69. The molecule has 2 heteroatoms. The summed E-state index contributed by atoms with van der Waals surface area (Å²) in [5.74, 6) is 1.62. The summed E-state index contributed by atoms with van der Waals surface area (Å²) in [4.78, 5) is 2.64. The average Bonchev–Trinajstić information content (AvgIpc) is 2.26. The van der Waals surface area contributed by atoms with Gasteiger partial charge in [-0.3, -0.25) is 0 Å². The molecule has 0 aromatic carbocycles. The Kier molecular flexibility index (Phi) is 6.37. The zero-order valence-electron chi connectivity index (χ0n) is 11.6. The summed E-state index contributed by atoms with van der Waals surface area (Å²) in [7, 11) is 0. The summed E-state index contributed by atoms with van der Waals surface area (Å²) >= 11 is 0. The summed E-state index contributed by atoms with van der Waals surface area (Å²) in [6.07, 6.45) is 4.09. The van der Waals surface area contributed by atoms with Crippen LogP contribution in [0.4, 0.5) is 0 Å². The van der Waals surface area contributed by atoms with Crippen molar-refractivity contribution in [2.75, 3.05) is 26.2 Å². The first kappa shape index (κ1) is 14.0. The highest BCUT2D eigenvalue weighted by Crippen LogP contribution is 2.19. The van der Waals surface area contributed by atoms with Crippen molar-refractivity contribution in [1.82, 2.24) is 10.2 Å². The van der Waals surface area contributed by atoms with Crippen LogP contribution >= 0.6 is 0 Å². The highest BCUT2D eigenvalue weighted by molar-refractivity contribution is 4.80. The third kappa shape index (κ3) is 4.84. The second-order valence-corrected chi connectivity index (χ2v) is 5.79. The molecule has 1 aliphatic rings. The van der Waals surface area contributed by atoms with E-state index in [2.05, 4.69) is 37.9 Å². The molecule has 0 aromatic rings. The van der Waals surface area contributed by atoms with Crippen LogP contribution < -0.4 is 5.32 Å². The minimum absolute atomic E-state index is 0.682. The van der Waals surface area contributed by atoms with Gasteiger partial charge in [-0.25, -0.2) is 0 Å². The van der Waals surface area contributed by atoms with Crippen molar-refractivity contribution in [2.24, 2.45) is 11.8 Å².